The van der Waals surface area contributed by atoms with Gasteiger partial charge < -0.3 is 24.6 Å². The molecule has 0 radical (unpaired) electrons. The minimum absolute atomic E-state index is 0.0409. The van der Waals surface area contributed by atoms with Crippen LogP contribution in [-0.2, 0) is 4.79 Å². The largest absolute Gasteiger partial charge is 0.493 e. The lowest BCUT2D eigenvalue weighted by atomic mass is 10.1. The van der Waals surface area contributed by atoms with Crippen molar-refractivity contribution in [3.05, 3.63) is 59.4 Å². The molecule has 1 amide bonds. The average molecular weight is 504 g/mol. The summed E-state index contributed by atoms with van der Waals surface area (Å²) in [5.41, 5.74) is 0.990. The Bertz CT molecular complexity index is 1300. The minimum Gasteiger partial charge on any atom is -0.493 e. The number of hydrogen-bond donors (Lipinski definition) is 1. The monoisotopic (exact) mass is 503 g/mol. The second-order valence-electron chi connectivity index (χ2n) is 8.38. The van der Waals surface area contributed by atoms with Crippen LogP contribution in [0.1, 0.15) is 0 Å². The highest BCUT2D eigenvalue weighted by Crippen LogP contribution is 2.37. The number of likely N-dealkylation sites (tertiary alicyclic amines) is 1. The highest BCUT2D eigenvalue weighted by atomic mass is 35.5. The van der Waals surface area contributed by atoms with Crippen molar-refractivity contribution in [3.8, 4) is 11.5 Å². The molecule has 8 nitrogen and oxygen atoms in total. The van der Waals surface area contributed by atoms with E-state index in [9.17, 15) is 13.6 Å². The normalized spacial score (nSPS) is 13.6. The summed E-state index contributed by atoms with van der Waals surface area (Å²) in [5.74, 6) is -0.766. The standard InChI is InChI=1S/C24H24ClF2N5O3/c1-13(9-31(2)3)24(33)32-10-14(11-32)35-20-7-15-18(8-19(20)34-4)28-12-29-23(15)30-17-6-5-16(26)21(25)22(17)27/h5-8,12,14H,1,9-11H2,2-4H3,(H,28,29,30). The Morgan fingerprint density at radius 3 is 2.69 bits per heavy atom. The third-order valence-electron chi connectivity index (χ3n) is 5.45. The van der Waals surface area contributed by atoms with Crippen molar-refractivity contribution >= 4 is 39.9 Å². The summed E-state index contributed by atoms with van der Waals surface area (Å²) in [6.07, 6.45) is 1.07. The predicted molar refractivity (Wildman–Crippen MR) is 129 cm³/mol. The third-order valence-corrected chi connectivity index (χ3v) is 5.79. The number of carbonyl (C=O) groups is 1. The molecule has 0 aliphatic carbocycles. The van der Waals surface area contributed by atoms with E-state index in [1.165, 1.54) is 19.5 Å². The maximum Gasteiger partial charge on any atom is 0.250 e. The number of nitrogens with one attached hydrogen (secondary N) is 1. The summed E-state index contributed by atoms with van der Waals surface area (Å²) >= 11 is 5.69. The Morgan fingerprint density at radius 2 is 2.00 bits per heavy atom. The Morgan fingerprint density at radius 1 is 1.26 bits per heavy atom. The molecule has 0 unspecified atom stereocenters. The van der Waals surface area contributed by atoms with E-state index in [4.69, 9.17) is 21.1 Å². The molecular formula is C24H24ClF2N5O3. The highest BCUT2D eigenvalue weighted by molar-refractivity contribution is 6.31. The smallest absolute Gasteiger partial charge is 0.250 e. The van der Waals surface area contributed by atoms with Crippen molar-refractivity contribution < 1.29 is 23.0 Å². The molecule has 3 aromatic rings. The van der Waals surface area contributed by atoms with Crippen molar-refractivity contribution in [2.24, 2.45) is 0 Å². The number of anilines is 2. The van der Waals surface area contributed by atoms with Gasteiger partial charge in [0, 0.05) is 23.6 Å². The maximum atomic E-state index is 14.4. The van der Waals surface area contributed by atoms with Crippen LogP contribution in [0, 0.1) is 11.6 Å². The highest BCUT2D eigenvalue weighted by Gasteiger charge is 2.34. The van der Waals surface area contributed by atoms with Crippen molar-refractivity contribution in [1.29, 1.82) is 0 Å². The number of carbonyl (C=O) groups excluding carboxylic acids is 1. The lowest BCUT2D eigenvalue weighted by molar-refractivity contribution is -0.135. The van der Waals surface area contributed by atoms with Gasteiger partial charge in [-0.1, -0.05) is 18.2 Å². The second kappa shape index (κ2) is 10.0. The van der Waals surface area contributed by atoms with Crippen molar-refractivity contribution in [2.75, 3.05) is 46.2 Å². The van der Waals surface area contributed by atoms with Crippen molar-refractivity contribution in [2.45, 2.75) is 6.10 Å². The molecule has 11 heteroatoms. The van der Waals surface area contributed by atoms with Crippen molar-refractivity contribution in [3.63, 3.8) is 0 Å². The van der Waals surface area contributed by atoms with Gasteiger partial charge >= 0.3 is 0 Å². The summed E-state index contributed by atoms with van der Waals surface area (Å²) < 4.78 is 39.5. The lowest BCUT2D eigenvalue weighted by Gasteiger charge is -2.39. The van der Waals surface area contributed by atoms with Crippen LogP contribution in [-0.4, -0.2) is 72.6 Å². The van der Waals surface area contributed by atoms with E-state index in [2.05, 4.69) is 21.9 Å². The Hall–Kier alpha value is -3.50. The van der Waals surface area contributed by atoms with Crippen LogP contribution in [0.4, 0.5) is 20.3 Å². The fourth-order valence-corrected chi connectivity index (χ4v) is 3.86. The molecule has 1 aliphatic rings. The first kappa shape index (κ1) is 24.6. The van der Waals surface area contributed by atoms with Gasteiger partial charge in [0.25, 0.3) is 5.91 Å². The number of halogens is 3. The molecule has 1 aliphatic heterocycles. The SMILES string of the molecule is C=C(CN(C)C)C(=O)N1CC(Oc2cc3c(Nc4ccc(F)c(Cl)c4F)ncnc3cc2OC)C1. The van der Waals surface area contributed by atoms with E-state index in [1.54, 1.807) is 17.0 Å². The molecule has 1 aromatic heterocycles. The zero-order valence-corrected chi connectivity index (χ0v) is 20.2. The molecule has 1 saturated heterocycles. The van der Waals surface area contributed by atoms with Crippen LogP contribution in [0.2, 0.25) is 5.02 Å². The number of fused-ring (bicyclic) bond motifs is 1. The quantitative estimate of drug-likeness (QED) is 0.367. The second-order valence-corrected chi connectivity index (χ2v) is 8.76. The molecule has 1 fully saturated rings. The van der Waals surface area contributed by atoms with Crippen LogP contribution in [0.25, 0.3) is 10.9 Å². The number of aromatic nitrogens is 2. The Kier molecular flexibility index (Phi) is 7.04. The Labute approximate surface area is 206 Å². The van der Waals surface area contributed by atoms with E-state index in [1.807, 2.05) is 19.0 Å². The lowest BCUT2D eigenvalue weighted by Crippen LogP contribution is -2.56. The first-order valence-electron chi connectivity index (χ1n) is 10.7. The Balaban J connectivity index is 1.55. The first-order chi connectivity index (χ1) is 16.7. The predicted octanol–water partition coefficient (Wildman–Crippen LogP) is 4.02. The van der Waals surface area contributed by atoms with Crippen LogP contribution in [0.3, 0.4) is 0 Å². The van der Waals surface area contributed by atoms with Gasteiger partial charge in [-0.15, -0.1) is 0 Å². The van der Waals surface area contributed by atoms with Gasteiger partial charge in [0.05, 0.1) is 31.4 Å². The number of nitrogens with zero attached hydrogens (tertiary/aromatic N) is 4. The molecule has 184 valence electrons. The summed E-state index contributed by atoms with van der Waals surface area (Å²) in [6.45, 7) is 5.15. The van der Waals surface area contributed by atoms with Gasteiger partial charge in [-0.3, -0.25) is 4.79 Å². The van der Waals surface area contributed by atoms with Crippen LogP contribution < -0.4 is 14.8 Å². The fraction of sp³-hybridized carbons (Fsp3) is 0.292. The summed E-state index contributed by atoms with van der Waals surface area (Å²) in [7, 11) is 5.25. The maximum absolute atomic E-state index is 14.4. The summed E-state index contributed by atoms with van der Waals surface area (Å²) in [6, 6.07) is 5.64. The van der Waals surface area contributed by atoms with Gasteiger partial charge in [-0.25, -0.2) is 18.7 Å². The topological polar surface area (TPSA) is 79.8 Å². The number of amides is 1. The first-order valence-corrected chi connectivity index (χ1v) is 11.1. The van der Waals surface area contributed by atoms with Crippen LogP contribution in [0.15, 0.2) is 42.7 Å². The van der Waals surface area contributed by atoms with E-state index >= 15 is 0 Å². The zero-order chi connectivity index (χ0) is 25.3. The van der Waals surface area contributed by atoms with Gasteiger partial charge in [0.15, 0.2) is 17.3 Å². The molecule has 4 rings (SSSR count). The molecule has 2 heterocycles. The van der Waals surface area contributed by atoms with Gasteiger partial charge in [-0.05, 0) is 32.3 Å². The molecule has 35 heavy (non-hydrogen) atoms. The van der Waals surface area contributed by atoms with E-state index in [0.717, 1.165) is 6.07 Å². The molecule has 1 N–H and O–H groups in total. The van der Waals surface area contributed by atoms with Crippen LogP contribution >= 0.6 is 11.6 Å². The number of likely N-dealkylation sites (N-methyl/N-ethyl adjacent to an activating group) is 1. The number of hydrogen-bond acceptors (Lipinski definition) is 7. The number of methoxy groups -OCH3 is 1. The van der Waals surface area contributed by atoms with Crippen LogP contribution in [0.5, 0.6) is 11.5 Å². The third kappa shape index (κ3) is 5.13. The number of benzene rings is 2. The van der Waals surface area contributed by atoms with E-state index < -0.39 is 16.7 Å². The average Bonchev–Trinajstić information content (AvgIpc) is 2.80. The summed E-state index contributed by atoms with van der Waals surface area (Å²) in [5, 5.41) is 2.75. The van der Waals surface area contributed by atoms with Gasteiger partial charge in [-0.2, -0.15) is 0 Å². The van der Waals surface area contributed by atoms with Gasteiger partial charge in [0.1, 0.15) is 29.1 Å². The fourth-order valence-electron chi connectivity index (χ4n) is 3.70. The molecule has 0 bridgehead atoms. The summed E-state index contributed by atoms with van der Waals surface area (Å²) in [4.78, 5) is 24.5. The minimum atomic E-state index is -0.932. The molecule has 0 spiro atoms. The van der Waals surface area contributed by atoms with E-state index in [0.29, 0.717) is 47.6 Å². The molecule has 0 saturated carbocycles. The van der Waals surface area contributed by atoms with Crippen molar-refractivity contribution in [1.82, 2.24) is 19.8 Å². The molecule has 0 atom stereocenters. The zero-order valence-electron chi connectivity index (χ0n) is 19.4. The number of ether oxygens (including phenoxy) is 2. The number of rotatable bonds is 8. The van der Waals surface area contributed by atoms with E-state index in [-0.39, 0.29) is 23.5 Å². The van der Waals surface area contributed by atoms with Gasteiger partial charge in [0.2, 0.25) is 0 Å². The molecular weight excluding hydrogens is 480 g/mol. The molecule has 2 aromatic carbocycles.